The average molecular weight is 475 g/mol. The van der Waals surface area contributed by atoms with E-state index in [1.807, 2.05) is 46.2 Å². The Morgan fingerprint density at radius 3 is 2.77 bits per heavy atom. The molecule has 3 aromatic heterocycles. The minimum Gasteiger partial charge on any atom is -0.480 e. The molecule has 5 rings (SSSR count). The first kappa shape index (κ1) is 22.5. The molecule has 4 aromatic rings. The summed E-state index contributed by atoms with van der Waals surface area (Å²) < 4.78 is 14.3. The summed E-state index contributed by atoms with van der Waals surface area (Å²) in [5, 5.41) is 8.53. The van der Waals surface area contributed by atoms with Gasteiger partial charge >= 0.3 is 6.01 Å². The highest BCUT2D eigenvalue weighted by molar-refractivity contribution is 5.92. The lowest BCUT2D eigenvalue weighted by Gasteiger charge is -2.31. The van der Waals surface area contributed by atoms with Crippen LogP contribution in [0.15, 0.2) is 48.9 Å². The summed E-state index contributed by atoms with van der Waals surface area (Å²) in [6.45, 7) is 1.86. The maximum absolute atomic E-state index is 12.8. The molecule has 1 fully saturated rings. The molecule has 0 saturated carbocycles. The van der Waals surface area contributed by atoms with Crippen molar-refractivity contribution in [2.24, 2.45) is 0 Å². The van der Waals surface area contributed by atoms with E-state index in [1.165, 1.54) is 20.3 Å². The second-order valence-corrected chi connectivity index (χ2v) is 8.23. The maximum Gasteiger partial charge on any atom is 0.319 e. The van der Waals surface area contributed by atoms with Gasteiger partial charge in [-0.05, 0) is 31.1 Å². The van der Waals surface area contributed by atoms with Crippen molar-refractivity contribution in [1.29, 1.82) is 0 Å². The highest BCUT2D eigenvalue weighted by Crippen LogP contribution is 2.27. The number of hydrogen-bond donors (Lipinski definition) is 0. The smallest absolute Gasteiger partial charge is 0.319 e. The fourth-order valence-electron chi connectivity index (χ4n) is 4.33. The van der Waals surface area contributed by atoms with Gasteiger partial charge in [0.05, 0.1) is 25.3 Å². The molecule has 11 heteroatoms. The summed E-state index contributed by atoms with van der Waals surface area (Å²) in [5.41, 5.74) is 2.46. The Labute approximate surface area is 202 Å². The van der Waals surface area contributed by atoms with Crippen LogP contribution in [-0.4, -0.2) is 72.6 Å². The third-order valence-corrected chi connectivity index (χ3v) is 6.17. The van der Waals surface area contributed by atoms with Crippen LogP contribution in [0, 0.1) is 0 Å². The van der Waals surface area contributed by atoms with Gasteiger partial charge in [-0.3, -0.25) is 4.79 Å². The fraction of sp³-hybridized carbons (Fsp3) is 0.333. The molecule has 1 aromatic carbocycles. The van der Waals surface area contributed by atoms with Crippen LogP contribution in [0.4, 0.5) is 0 Å². The van der Waals surface area contributed by atoms with E-state index in [0.29, 0.717) is 31.2 Å². The number of nitrogens with zero attached hydrogens (tertiary/aromatic N) is 8. The lowest BCUT2D eigenvalue weighted by Crippen LogP contribution is -2.37. The fourth-order valence-corrected chi connectivity index (χ4v) is 4.33. The predicted molar refractivity (Wildman–Crippen MR) is 128 cm³/mol. The summed E-state index contributed by atoms with van der Waals surface area (Å²) in [5.74, 6) is 1.57. The van der Waals surface area contributed by atoms with Crippen LogP contribution in [0.5, 0.6) is 11.9 Å². The molecular formula is C24H26N8O3. The van der Waals surface area contributed by atoms with Gasteiger partial charge in [0.2, 0.25) is 11.8 Å². The number of para-hydroxylation sites is 1. The van der Waals surface area contributed by atoms with E-state index < -0.39 is 0 Å². The maximum atomic E-state index is 12.8. The first-order chi connectivity index (χ1) is 17.2. The van der Waals surface area contributed by atoms with Crippen molar-refractivity contribution in [3.05, 3.63) is 60.3 Å². The molecule has 1 aliphatic heterocycles. The summed E-state index contributed by atoms with van der Waals surface area (Å²) in [6, 6.07) is 8.11. The zero-order valence-electron chi connectivity index (χ0n) is 19.6. The molecule has 35 heavy (non-hydrogen) atoms. The van der Waals surface area contributed by atoms with E-state index in [-0.39, 0.29) is 17.8 Å². The Morgan fingerprint density at radius 1 is 1.14 bits per heavy atom. The molecule has 0 aliphatic carbocycles. The van der Waals surface area contributed by atoms with Crippen molar-refractivity contribution in [1.82, 2.24) is 39.4 Å². The van der Waals surface area contributed by atoms with Crippen LogP contribution < -0.4 is 9.47 Å². The van der Waals surface area contributed by atoms with Crippen molar-refractivity contribution in [2.45, 2.75) is 25.4 Å². The Balaban J connectivity index is 1.22. The van der Waals surface area contributed by atoms with Gasteiger partial charge in [0.25, 0.3) is 0 Å². The number of ether oxygens (including phenoxy) is 2. The second-order valence-electron chi connectivity index (χ2n) is 8.23. The molecule has 0 atom stereocenters. The summed E-state index contributed by atoms with van der Waals surface area (Å²) >= 11 is 0. The number of hydrogen-bond acceptors (Lipinski definition) is 8. The number of methoxy groups -OCH3 is 2. The Hall–Kier alpha value is -4.28. The third-order valence-electron chi connectivity index (χ3n) is 6.17. The van der Waals surface area contributed by atoms with Gasteiger partial charge in [-0.25, -0.2) is 14.6 Å². The lowest BCUT2D eigenvalue weighted by atomic mass is 9.96. The highest BCUT2D eigenvalue weighted by Gasteiger charge is 2.26. The summed E-state index contributed by atoms with van der Waals surface area (Å²) in [7, 11) is 3.00. The molecule has 1 saturated heterocycles. The van der Waals surface area contributed by atoms with E-state index in [4.69, 9.17) is 9.47 Å². The Kier molecular flexibility index (Phi) is 6.38. The SMILES string of the molecule is COc1ncc(C=CC(=O)N2CCC(c3nccn3Cn3nnc4ccccc43)CC2)c(OC)n1. The minimum atomic E-state index is -0.0567. The molecule has 0 bridgehead atoms. The molecular weight excluding hydrogens is 448 g/mol. The largest absolute Gasteiger partial charge is 0.480 e. The van der Waals surface area contributed by atoms with E-state index in [1.54, 1.807) is 12.3 Å². The van der Waals surface area contributed by atoms with E-state index >= 15 is 0 Å². The highest BCUT2D eigenvalue weighted by atomic mass is 16.5. The Morgan fingerprint density at radius 2 is 1.97 bits per heavy atom. The summed E-state index contributed by atoms with van der Waals surface area (Å²) in [6.07, 6.45) is 10.2. The topological polar surface area (TPSA) is 113 Å². The van der Waals surface area contributed by atoms with Gasteiger partial charge in [-0.2, -0.15) is 4.98 Å². The number of aromatic nitrogens is 7. The normalized spacial score (nSPS) is 14.6. The van der Waals surface area contributed by atoms with Crippen molar-refractivity contribution in [3.8, 4) is 11.9 Å². The molecule has 0 radical (unpaired) electrons. The first-order valence-electron chi connectivity index (χ1n) is 11.4. The van der Waals surface area contributed by atoms with Crippen LogP contribution in [-0.2, 0) is 11.5 Å². The monoisotopic (exact) mass is 474 g/mol. The molecule has 1 amide bonds. The predicted octanol–water partition coefficient (Wildman–Crippen LogP) is 2.36. The zero-order chi connectivity index (χ0) is 24.2. The van der Waals surface area contributed by atoms with Crippen LogP contribution >= 0.6 is 0 Å². The number of carbonyl (C=O) groups is 1. The van der Waals surface area contributed by atoms with E-state index in [2.05, 4.69) is 29.8 Å². The number of benzene rings is 1. The number of likely N-dealkylation sites (tertiary alicyclic amines) is 1. The van der Waals surface area contributed by atoms with Gasteiger partial charge < -0.3 is 18.9 Å². The van der Waals surface area contributed by atoms with Crippen molar-refractivity contribution >= 4 is 23.0 Å². The average Bonchev–Trinajstić information content (AvgIpc) is 3.55. The van der Waals surface area contributed by atoms with Gasteiger partial charge in [0.15, 0.2) is 0 Å². The van der Waals surface area contributed by atoms with Crippen molar-refractivity contribution in [3.63, 3.8) is 0 Å². The van der Waals surface area contributed by atoms with Crippen molar-refractivity contribution < 1.29 is 14.3 Å². The number of carbonyl (C=O) groups excluding carboxylic acids is 1. The molecule has 11 nitrogen and oxygen atoms in total. The lowest BCUT2D eigenvalue weighted by molar-refractivity contribution is -0.127. The quantitative estimate of drug-likeness (QED) is 0.375. The van der Waals surface area contributed by atoms with Crippen LogP contribution in [0.1, 0.15) is 30.1 Å². The zero-order valence-corrected chi connectivity index (χ0v) is 19.6. The number of fused-ring (bicyclic) bond motifs is 1. The van der Waals surface area contributed by atoms with Crippen LogP contribution in [0.3, 0.4) is 0 Å². The molecule has 180 valence electrons. The van der Waals surface area contributed by atoms with E-state index in [9.17, 15) is 4.79 Å². The molecule has 0 N–H and O–H groups in total. The van der Waals surface area contributed by atoms with Gasteiger partial charge in [0.1, 0.15) is 18.0 Å². The van der Waals surface area contributed by atoms with Gasteiger partial charge in [0, 0.05) is 43.7 Å². The minimum absolute atomic E-state index is 0.0567. The van der Waals surface area contributed by atoms with Crippen LogP contribution in [0.25, 0.3) is 17.1 Å². The standard InChI is InChI=1S/C24H26N8O3/c1-34-23-18(15-26-24(27-23)35-2)7-8-21(33)30-12-9-17(10-13-30)22-25-11-14-31(22)16-32-20-6-4-3-5-19(20)28-29-32/h3-8,11,14-15,17H,9-10,12-13,16H2,1-2H3. The number of rotatable bonds is 7. The molecule has 0 spiro atoms. The summed E-state index contributed by atoms with van der Waals surface area (Å²) in [4.78, 5) is 27.5. The Bertz CT molecular complexity index is 1350. The molecule has 1 aliphatic rings. The van der Waals surface area contributed by atoms with Gasteiger partial charge in [-0.15, -0.1) is 5.10 Å². The van der Waals surface area contributed by atoms with E-state index in [0.717, 1.165) is 29.7 Å². The van der Waals surface area contributed by atoms with Crippen molar-refractivity contribution in [2.75, 3.05) is 27.3 Å². The number of piperidine rings is 1. The van der Waals surface area contributed by atoms with Gasteiger partial charge in [-0.1, -0.05) is 17.3 Å². The third kappa shape index (κ3) is 4.70. The van der Waals surface area contributed by atoms with Crippen LogP contribution in [0.2, 0.25) is 0 Å². The second kappa shape index (κ2) is 9.92. The number of amides is 1. The first-order valence-corrected chi connectivity index (χ1v) is 11.4. The molecule has 0 unspecified atom stereocenters. The number of imidazole rings is 1. The molecule has 4 heterocycles.